The van der Waals surface area contributed by atoms with Gasteiger partial charge in [-0.1, -0.05) is 32.6 Å². The molecule has 114 valence electrons. The van der Waals surface area contributed by atoms with Gasteiger partial charge in [0, 0.05) is 23.1 Å². The van der Waals surface area contributed by atoms with E-state index in [0.29, 0.717) is 12.0 Å². The average molecular weight is 287 g/mol. The molecule has 1 rings (SSSR count). The molecule has 21 heavy (non-hydrogen) atoms. The molecule has 0 heterocycles. The maximum absolute atomic E-state index is 12.3. The Morgan fingerprint density at radius 1 is 1.14 bits per heavy atom. The van der Waals surface area contributed by atoms with Gasteiger partial charge >= 0.3 is 0 Å². The van der Waals surface area contributed by atoms with Crippen molar-refractivity contribution >= 4 is 5.91 Å². The second-order valence-electron chi connectivity index (χ2n) is 5.15. The van der Waals surface area contributed by atoms with E-state index in [1.807, 2.05) is 12.1 Å². The van der Waals surface area contributed by atoms with Crippen molar-refractivity contribution in [3.8, 4) is 11.8 Å². The Hall–Kier alpha value is -1.79. The summed E-state index contributed by atoms with van der Waals surface area (Å²) in [5.74, 6) is 5.78. The zero-order valence-corrected chi connectivity index (χ0v) is 13.2. The summed E-state index contributed by atoms with van der Waals surface area (Å²) in [5, 5.41) is 11.8. The Balaban J connectivity index is 2.78. The topological polar surface area (TPSA) is 49.3 Å². The van der Waals surface area contributed by atoms with Crippen molar-refractivity contribution < 1.29 is 9.90 Å². The molecular weight excluding hydrogens is 262 g/mol. The molecular formula is C18H25NO2. The maximum Gasteiger partial charge on any atom is 0.251 e. The van der Waals surface area contributed by atoms with Gasteiger partial charge in [0.15, 0.2) is 0 Å². The molecule has 1 aromatic rings. The molecule has 3 heteroatoms. The van der Waals surface area contributed by atoms with Gasteiger partial charge in [-0.15, -0.1) is 0 Å². The van der Waals surface area contributed by atoms with E-state index in [4.69, 9.17) is 5.11 Å². The van der Waals surface area contributed by atoms with Crippen molar-refractivity contribution in [1.29, 1.82) is 0 Å². The normalized spacial score (nSPS) is 10.7. The molecule has 3 nitrogen and oxygen atoms in total. The first-order valence-electron chi connectivity index (χ1n) is 7.63. The SMILES string of the molecule is CCC(CC)(CC)NC(=O)c1ccc(C#CCCO)cc1. The summed E-state index contributed by atoms with van der Waals surface area (Å²) in [5.41, 5.74) is 1.40. The molecule has 0 atom stereocenters. The number of aliphatic hydroxyl groups excluding tert-OH is 1. The van der Waals surface area contributed by atoms with Gasteiger partial charge in [-0.3, -0.25) is 4.79 Å². The monoisotopic (exact) mass is 287 g/mol. The van der Waals surface area contributed by atoms with Crippen molar-refractivity contribution in [3.63, 3.8) is 0 Å². The molecule has 2 N–H and O–H groups in total. The number of hydrogen-bond donors (Lipinski definition) is 2. The van der Waals surface area contributed by atoms with Crippen LogP contribution >= 0.6 is 0 Å². The van der Waals surface area contributed by atoms with Crippen molar-refractivity contribution in [2.24, 2.45) is 0 Å². The van der Waals surface area contributed by atoms with Gasteiger partial charge < -0.3 is 10.4 Å². The Morgan fingerprint density at radius 2 is 1.71 bits per heavy atom. The van der Waals surface area contributed by atoms with Crippen LogP contribution in [0.3, 0.4) is 0 Å². The fourth-order valence-electron chi connectivity index (χ4n) is 2.25. The highest BCUT2D eigenvalue weighted by molar-refractivity contribution is 5.94. The van der Waals surface area contributed by atoms with Gasteiger partial charge in [-0.2, -0.15) is 0 Å². The Bertz CT molecular complexity index is 496. The molecule has 0 saturated carbocycles. The van der Waals surface area contributed by atoms with Crippen LogP contribution in [0.5, 0.6) is 0 Å². The summed E-state index contributed by atoms with van der Waals surface area (Å²) in [6, 6.07) is 7.27. The lowest BCUT2D eigenvalue weighted by Gasteiger charge is -2.31. The van der Waals surface area contributed by atoms with Crippen LogP contribution in [-0.2, 0) is 0 Å². The third-order valence-electron chi connectivity index (χ3n) is 4.03. The van der Waals surface area contributed by atoms with Crippen LogP contribution in [-0.4, -0.2) is 23.2 Å². The molecule has 1 amide bonds. The van der Waals surface area contributed by atoms with Gasteiger partial charge in [0.25, 0.3) is 5.91 Å². The minimum absolute atomic E-state index is 0.0320. The van der Waals surface area contributed by atoms with Gasteiger partial charge in [0.05, 0.1) is 6.61 Å². The van der Waals surface area contributed by atoms with E-state index in [-0.39, 0.29) is 18.1 Å². The number of benzene rings is 1. The highest BCUT2D eigenvalue weighted by atomic mass is 16.2. The lowest BCUT2D eigenvalue weighted by molar-refractivity contribution is 0.0888. The highest BCUT2D eigenvalue weighted by Crippen LogP contribution is 2.20. The van der Waals surface area contributed by atoms with Crippen LogP contribution in [0, 0.1) is 11.8 Å². The fraction of sp³-hybridized carbons (Fsp3) is 0.500. The molecule has 0 fully saturated rings. The van der Waals surface area contributed by atoms with E-state index in [1.54, 1.807) is 12.1 Å². The minimum Gasteiger partial charge on any atom is -0.395 e. The van der Waals surface area contributed by atoms with Gasteiger partial charge in [-0.05, 0) is 43.5 Å². The summed E-state index contributed by atoms with van der Waals surface area (Å²) in [6.45, 7) is 6.38. The lowest BCUT2D eigenvalue weighted by atomic mass is 9.89. The molecule has 0 aromatic heterocycles. The van der Waals surface area contributed by atoms with Crippen LogP contribution in [0.15, 0.2) is 24.3 Å². The van der Waals surface area contributed by atoms with E-state index in [1.165, 1.54) is 0 Å². The van der Waals surface area contributed by atoms with E-state index in [0.717, 1.165) is 24.8 Å². The predicted octanol–water partition coefficient (Wildman–Crippen LogP) is 3.12. The quantitative estimate of drug-likeness (QED) is 0.790. The van der Waals surface area contributed by atoms with Crippen molar-refractivity contribution in [2.45, 2.75) is 52.0 Å². The molecule has 0 unspecified atom stereocenters. The smallest absolute Gasteiger partial charge is 0.251 e. The number of hydrogen-bond acceptors (Lipinski definition) is 2. The molecule has 0 aliphatic heterocycles. The number of rotatable bonds is 6. The number of amides is 1. The van der Waals surface area contributed by atoms with Crippen LogP contribution < -0.4 is 5.32 Å². The first-order chi connectivity index (χ1) is 10.1. The average Bonchev–Trinajstić information content (AvgIpc) is 2.53. The van der Waals surface area contributed by atoms with E-state index in [2.05, 4.69) is 37.9 Å². The van der Waals surface area contributed by atoms with Crippen molar-refractivity contribution in [3.05, 3.63) is 35.4 Å². The first-order valence-corrected chi connectivity index (χ1v) is 7.63. The van der Waals surface area contributed by atoms with E-state index in [9.17, 15) is 4.79 Å². The summed E-state index contributed by atoms with van der Waals surface area (Å²) in [7, 11) is 0. The van der Waals surface area contributed by atoms with Crippen LogP contribution in [0.4, 0.5) is 0 Å². The third kappa shape index (κ3) is 4.91. The lowest BCUT2D eigenvalue weighted by Crippen LogP contribution is -2.47. The zero-order chi connectivity index (χ0) is 15.7. The summed E-state index contributed by atoms with van der Waals surface area (Å²) < 4.78 is 0. The summed E-state index contributed by atoms with van der Waals surface area (Å²) in [4.78, 5) is 12.3. The number of aliphatic hydroxyl groups is 1. The molecule has 0 aliphatic carbocycles. The molecule has 0 saturated heterocycles. The van der Waals surface area contributed by atoms with Gasteiger partial charge in [0.2, 0.25) is 0 Å². The second-order valence-corrected chi connectivity index (χ2v) is 5.15. The van der Waals surface area contributed by atoms with Crippen LogP contribution in [0.25, 0.3) is 0 Å². The highest BCUT2D eigenvalue weighted by Gasteiger charge is 2.26. The number of nitrogens with one attached hydrogen (secondary N) is 1. The summed E-state index contributed by atoms with van der Waals surface area (Å²) >= 11 is 0. The second kappa shape index (κ2) is 8.49. The predicted molar refractivity (Wildman–Crippen MR) is 86.1 cm³/mol. The zero-order valence-electron chi connectivity index (χ0n) is 13.2. The van der Waals surface area contributed by atoms with Crippen molar-refractivity contribution in [1.82, 2.24) is 5.32 Å². The van der Waals surface area contributed by atoms with E-state index < -0.39 is 0 Å². The maximum atomic E-state index is 12.3. The van der Waals surface area contributed by atoms with Crippen LogP contribution in [0.2, 0.25) is 0 Å². The minimum atomic E-state index is -0.114. The number of carbonyl (C=O) groups is 1. The molecule has 0 aliphatic rings. The largest absolute Gasteiger partial charge is 0.395 e. The van der Waals surface area contributed by atoms with Gasteiger partial charge in [0.1, 0.15) is 0 Å². The molecule has 0 radical (unpaired) electrons. The Labute approximate surface area is 127 Å². The van der Waals surface area contributed by atoms with E-state index >= 15 is 0 Å². The number of carbonyl (C=O) groups excluding carboxylic acids is 1. The molecule has 1 aromatic carbocycles. The first kappa shape index (κ1) is 17.3. The molecule has 0 spiro atoms. The fourth-order valence-corrected chi connectivity index (χ4v) is 2.25. The third-order valence-corrected chi connectivity index (χ3v) is 4.03. The molecule has 0 bridgehead atoms. The van der Waals surface area contributed by atoms with Crippen molar-refractivity contribution in [2.75, 3.05) is 6.61 Å². The Kier molecular flexibility index (Phi) is 6.98. The van der Waals surface area contributed by atoms with Gasteiger partial charge in [-0.25, -0.2) is 0 Å². The standard InChI is InChI=1S/C18H25NO2/c1-4-18(5-2,6-3)19-17(21)16-12-10-15(11-13-16)9-7-8-14-20/h10-13,20H,4-6,8,14H2,1-3H3,(H,19,21). The van der Waals surface area contributed by atoms with Crippen LogP contribution in [0.1, 0.15) is 62.4 Å². The Morgan fingerprint density at radius 3 is 2.19 bits per heavy atom. The summed E-state index contributed by atoms with van der Waals surface area (Å²) in [6.07, 6.45) is 3.25.